The first-order valence-electron chi connectivity index (χ1n) is 8.15. The number of piperidine rings is 1. The summed E-state index contributed by atoms with van der Waals surface area (Å²) < 4.78 is 41.9. The van der Waals surface area contributed by atoms with Gasteiger partial charge in [0.15, 0.2) is 0 Å². The summed E-state index contributed by atoms with van der Waals surface area (Å²) in [6.07, 6.45) is 3.19. The Kier molecular flexibility index (Phi) is 4.89. The molecule has 1 amide bonds. The molecule has 3 atom stereocenters. The molecule has 1 saturated carbocycles. The van der Waals surface area contributed by atoms with E-state index in [4.69, 9.17) is 5.73 Å². The SMILES string of the molecule is NC(=O)C(CNS(=O)(=O)N1CC2CCC1C2)Cc1ccc(F)cc1. The van der Waals surface area contributed by atoms with Crippen molar-refractivity contribution in [3.63, 3.8) is 0 Å². The van der Waals surface area contributed by atoms with Gasteiger partial charge in [-0.05, 0) is 49.3 Å². The average molecular weight is 355 g/mol. The highest BCUT2D eigenvalue weighted by atomic mass is 32.2. The van der Waals surface area contributed by atoms with E-state index in [1.54, 1.807) is 12.1 Å². The maximum absolute atomic E-state index is 12.9. The Bertz CT molecular complexity index is 708. The Morgan fingerprint density at radius 3 is 2.58 bits per heavy atom. The number of nitrogens with two attached hydrogens (primary N) is 1. The molecule has 1 aromatic rings. The zero-order valence-electron chi connectivity index (χ0n) is 13.3. The van der Waals surface area contributed by atoms with Gasteiger partial charge in [0.25, 0.3) is 10.2 Å². The van der Waals surface area contributed by atoms with Crippen molar-refractivity contribution in [2.45, 2.75) is 31.7 Å². The van der Waals surface area contributed by atoms with Crippen LogP contribution in [0, 0.1) is 17.7 Å². The zero-order valence-corrected chi connectivity index (χ0v) is 14.1. The average Bonchev–Trinajstić information content (AvgIpc) is 3.16. The lowest BCUT2D eigenvalue weighted by Crippen LogP contribution is -2.47. The number of carbonyl (C=O) groups is 1. The Labute approximate surface area is 141 Å². The van der Waals surface area contributed by atoms with Crippen molar-refractivity contribution < 1.29 is 17.6 Å². The van der Waals surface area contributed by atoms with Crippen molar-refractivity contribution in [3.05, 3.63) is 35.6 Å². The van der Waals surface area contributed by atoms with Crippen molar-refractivity contribution in [2.24, 2.45) is 17.6 Å². The molecule has 6 nitrogen and oxygen atoms in total. The number of nitrogens with one attached hydrogen (secondary N) is 1. The highest BCUT2D eigenvalue weighted by molar-refractivity contribution is 7.87. The summed E-state index contributed by atoms with van der Waals surface area (Å²) in [4.78, 5) is 11.6. The molecule has 0 radical (unpaired) electrons. The molecule has 1 heterocycles. The molecule has 0 aromatic heterocycles. The topological polar surface area (TPSA) is 92.5 Å². The third-order valence-corrected chi connectivity index (χ3v) is 6.57. The van der Waals surface area contributed by atoms with Crippen molar-refractivity contribution in [2.75, 3.05) is 13.1 Å². The second kappa shape index (κ2) is 6.78. The molecule has 2 bridgehead atoms. The minimum absolute atomic E-state index is 0.0526. The minimum Gasteiger partial charge on any atom is -0.369 e. The molecule has 3 N–H and O–H groups in total. The monoisotopic (exact) mass is 355 g/mol. The first-order valence-corrected chi connectivity index (χ1v) is 9.59. The van der Waals surface area contributed by atoms with E-state index in [1.807, 2.05) is 0 Å². The summed E-state index contributed by atoms with van der Waals surface area (Å²) in [5.41, 5.74) is 6.13. The van der Waals surface area contributed by atoms with Crippen molar-refractivity contribution in [3.8, 4) is 0 Å². The molecule has 3 unspecified atom stereocenters. The predicted octanol–water partition coefficient (Wildman–Crippen LogP) is 0.788. The van der Waals surface area contributed by atoms with Crippen LogP contribution in [0.2, 0.25) is 0 Å². The highest BCUT2D eigenvalue weighted by Crippen LogP contribution is 2.38. The quantitative estimate of drug-likeness (QED) is 0.757. The fourth-order valence-electron chi connectivity index (χ4n) is 3.64. The molecule has 3 rings (SSSR count). The molecule has 1 aliphatic heterocycles. The molecule has 1 aromatic carbocycles. The van der Waals surface area contributed by atoms with Gasteiger partial charge >= 0.3 is 0 Å². The number of amides is 1. The molecule has 2 aliphatic rings. The summed E-state index contributed by atoms with van der Waals surface area (Å²) in [5.74, 6) is -1.16. The van der Waals surface area contributed by atoms with Gasteiger partial charge in [-0.2, -0.15) is 12.7 Å². The van der Waals surface area contributed by atoms with Crippen LogP contribution in [0.25, 0.3) is 0 Å². The summed E-state index contributed by atoms with van der Waals surface area (Å²) in [6, 6.07) is 5.83. The van der Waals surface area contributed by atoms with E-state index in [2.05, 4.69) is 4.72 Å². The molecule has 132 valence electrons. The molecule has 1 aliphatic carbocycles. The van der Waals surface area contributed by atoms with Gasteiger partial charge in [0.1, 0.15) is 5.82 Å². The molecule has 24 heavy (non-hydrogen) atoms. The van der Waals surface area contributed by atoms with Crippen molar-refractivity contribution in [1.29, 1.82) is 0 Å². The lowest BCUT2D eigenvalue weighted by molar-refractivity contribution is -0.121. The summed E-state index contributed by atoms with van der Waals surface area (Å²) in [7, 11) is -3.60. The highest BCUT2D eigenvalue weighted by Gasteiger charge is 2.43. The first kappa shape index (κ1) is 17.3. The number of primary amides is 1. The molecule has 8 heteroatoms. The Hall–Kier alpha value is -1.51. The van der Waals surface area contributed by atoms with Crippen LogP contribution in [0.4, 0.5) is 4.39 Å². The van der Waals surface area contributed by atoms with Crippen LogP contribution in [0.5, 0.6) is 0 Å². The van der Waals surface area contributed by atoms with Crippen LogP contribution < -0.4 is 10.5 Å². The van der Waals surface area contributed by atoms with E-state index in [1.165, 1.54) is 16.4 Å². The number of hydrogen-bond acceptors (Lipinski definition) is 3. The zero-order chi connectivity index (χ0) is 17.3. The Morgan fingerprint density at radius 1 is 1.33 bits per heavy atom. The van der Waals surface area contributed by atoms with E-state index in [-0.39, 0.29) is 24.8 Å². The normalized spacial score (nSPS) is 25.0. The minimum atomic E-state index is -3.60. The number of rotatable bonds is 7. The summed E-state index contributed by atoms with van der Waals surface area (Å²) in [6.45, 7) is 0.502. The van der Waals surface area contributed by atoms with Crippen LogP contribution in [-0.4, -0.2) is 37.8 Å². The standard InChI is InChI=1S/C16H22FN3O3S/c17-14-4-1-11(2-5-14)7-13(16(18)21)9-19-24(22,23)20-10-12-3-6-15(20)8-12/h1-2,4-5,12-13,15,19H,3,6-10H2,(H2,18,21). The number of benzene rings is 1. The number of hydrogen-bond donors (Lipinski definition) is 2. The summed E-state index contributed by atoms with van der Waals surface area (Å²) >= 11 is 0. The third-order valence-electron chi connectivity index (χ3n) is 4.98. The smallest absolute Gasteiger partial charge is 0.279 e. The van der Waals surface area contributed by atoms with Crippen LogP contribution in [0.1, 0.15) is 24.8 Å². The second-order valence-electron chi connectivity index (χ2n) is 6.69. The fraction of sp³-hybridized carbons (Fsp3) is 0.562. The maximum Gasteiger partial charge on any atom is 0.279 e. The molecule has 1 saturated heterocycles. The summed E-state index contributed by atoms with van der Waals surface area (Å²) in [5, 5.41) is 0. The molecular formula is C16H22FN3O3S. The van der Waals surface area contributed by atoms with Crippen LogP contribution >= 0.6 is 0 Å². The van der Waals surface area contributed by atoms with Gasteiger partial charge in [-0.3, -0.25) is 4.79 Å². The van der Waals surface area contributed by atoms with Gasteiger partial charge in [0.05, 0.1) is 5.92 Å². The first-order chi connectivity index (χ1) is 11.3. The molecule has 0 spiro atoms. The van der Waals surface area contributed by atoms with Crippen LogP contribution in [0.3, 0.4) is 0 Å². The van der Waals surface area contributed by atoms with E-state index in [0.29, 0.717) is 12.5 Å². The van der Waals surface area contributed by atoms with E-state index >= 15 is 0 Å². The van der Waals surface area contributed by atoms with Crippen LogP contribution in [0.15, 0.2) is 24.3 Å². The third kappa shape index (κ3) is 3.76. The van der Waals surface area contributed by atoms with Gasteiger partial charge in [-0.15, -0.1) is 0 Å². The Morgan fingerprint density at radius 2 is 2.04 bits per heavy atom. The van der Waals surface area contributed by atoms with Crippen molar-refractivity contribution >= 4 is 16.1 Å². The number of nitrogens with zero attached hydrogens (tertiary/aromatic N) is 1. The van der Waals surface area contributed by atoms with E-state index in [9.17, 15) is 17.6 Å². The lowest BCUT2D eigenvalue weighted by Gasteiger charge is -2.27. The number of carbonyl (C=O) groups excluding carboxylic acids is 1. The van der Waals surface area contributed by atoms with E-state index < -0.39 is 22.0 Å². The van der Waals surface area contributed by atoms with Gasteiger partial charge in [0.2, 0.25) is 5.91 Å². The second-order valence-corrected chi connectivity index (χ2v) is 8.39. The maximum atomic E-state index is 12.9. The van der Waals surface area contributed by atoms with Gasteiger partial charge < -0.3 is 5.73 Å². The van der Waals surface area contributed by atoms with Gasteiger partial charge in [0, 0.05) is 19.1 Å². The number of fused-ring (bicyclic) bond motifs is 2. The van der Waals surface area contributed by atoms with E-state index in [0.717, 1.165) is 24.8 Å². The predicted molar refractivity (Wildman–Crippen MR) is 87.5 cm³/mol. The van der Waals surface area contributed by atoms with Gasteiger partial charge in [-0.1, -0.05) is 12.1 Å². The molecule has 2 fully saturated rings. The largest absolute Gasteiger partial charge is 0.369 e. The lowest BCUT2D eigenvalue weighted by atomic mass is 9.99. The van der Waals surface area contributed by atoms with Crippen LogP contribution in [-0.2, 0) is 21.4 Å². The fourth-order valence-corrected chi connectivity index (χ4v) is 5.21. The van der Waals surface area contributed by atoms with Gasteiger partial charge in [-0.25, -0.2) is 9.11 Å². The van der Waals surface area contributed by atoms with Crippen molar-refractivity contribution in [1.82, 2.24) is 9.03 Å². The molecular weight excluding hydrogens is 333 g/mol. The Balaban J connectivity index is 1.61. The number of halogens is 1.